The number of nitrogens with one attached hydrogen (secondary N) is 1. The fourth-order valence-corrected chi connectivity index (χ4v) is 2.43. The van der Waals surface area contributed by atoms with E-state index in [1.165, 1.54) is 11.8 Å². The molecule has 2 aromatic rings. The lowest BCUT2D eigenvalue weighted by Gasteiger charge is -2.07. The van der Waals surface area contributed by atoms with Crippen molar-refractivity contribution in [2.45, 2.75) is 4.90 Å². The molecule has 1 amide bonds. The lowest BCUT2D eigenvalue weighted by Crippen LogP contribution is -2.21. The van der Waals surface area contributed by atoms with Crippen LogP contribution in [0.2, 0.25) is 0 Å². The molecule has 2 aromatic carbocycles. The highest BCUT2D eigenvalue weighted by molar-refractivity contribution is 8.00. The van der Waals surface area contributed by atoms with Crippen molar-refractivity contribution in [2.24, 2.45) is 0 Å². The fraction of sp³-hybridized carbons (Fsp3) is 0.118. The molecular weight excluding hydrogens is 312 g/mol. The Morgan fingerprint density at radius 2 is 1.91 bits per heavy atom. The Bertz CT molecular complexity index is 726. The number of anilines is 1. The Balaban J connectivity index is 1.73. The first-order valence-electron chi connectivity index (χ1n) is 6.81. The molecule has 0 bridgehead atoms. The number of nitriles is 1. The van der Waals surface area contributed by atoms with E-state index in [1.54, 1.807) is 24.3 Å². The summed E-state index contributed by atoms with van der Waals surface area (Å²) in [5.41, 5.74) is 0.933. The number of thioether (sulfide) groups is 1. The highest BCUT2D eigenvalue weighted by Gasteiger charge is 2.09. The van der Waals surface area contributed by atoms with Gasteiger partial charge in [0.05, 0.1) is 17.4 Å². The van der Waals surface area contributed by atoms with Gasteiger partial charge in [-0.2, -0.15) is 5.26 Å². The summed E-state index contributed by atoms with van der Waals surface area (Å²) in [6.45, 7) is -0.356. The van der Waals surface area contributed by atoms with E-state index in [2.05, 4.69) is 5.32 Å². The lowest BCUT2D eigenvalue weighted by atomic mass is 10.2. The number of benzene rings is 2. The van der Waals surface area contributed by atoms with Gasteiger partial charge in [-0.15, -0.1) is 11.8 Å². The van der Waals surface area contributed by atoms with Crippen LogP contribution in [0.1, 0.15) is 5.56 Å². The first-order chi connectivity index (χ1) is 11.2. The summed E-state index contributed by atoms with van der Waals surface area (Å²) < 4.78 is 4.92. The summed E-state index contributed by atoms with van der Waals surface area (Å²) in [5, 5.41) is 11.4. The quantitative estimate of drug-likeness (QED) is 0.652. The van der Waals surface area contributed by atoms with E-state index in [1.807, 2.05) is 36.4 Å². The van der Waals surface area contributed by atoms with Gasteiger partial charge in [-0.05, 0) is 30.3 Å². The number of amides is 1. The number of carbonyl (C=O) groups excluding carboxylic acids is 2. The molecule has 0 aliphatic rings. The van der Waals surface area contributed by atoms with Gasteiger partial charge >= 0.3 is 5.97 Å². The molecule has 0 saturated heterocycles. The van der Waals surface area contributed by atoms with Crippen LogP contribution in [0, 0.1) is 11.3 Å². The molecule has 6 heteroatoms. The maximum Gasteiger partial charge on any atom is 0.316 e. The van der Waals surface area contributed by atoms with Crippen LogP contribution in [0.25, 0.3) is 0 Å². The van der Waals surface area contributed by atoms with E-state index in [9.17, 15) is 9.59 Å². The van der Waals surface area contributed by atoms with E-state index in [-0.39, 0.29) is 12.4 Å². The second kappa shape index (κ2) is 8.61. The molecule has 1 N–H and O–H groups in total. The normalized spacial score (nSPS) is 9.70. The van der Waals surface area contributed by atoms with Gasteiger partial charge in [0.15, 0.2) is 6.61 Å². The monoisotopic (exact) mass is 326 g/mol. The van der Waals surface area contributed by atoms with Crippen molar-refractivity contribution < 1.29 is 14.3 Å². The second-order valence-corrected chi connectivity index (χ2v) is 5.55. The number of ether oxygens (including phenoxy) is 1. The molecule has 2 rings (SSSR count). The topological polar surface area (TPSA) is 79.2 Å². The maximum atomic E-state index is 11.7. The van der Waals surface area contributed by atoms with E-state index in [0.29, 0.717) is 11.3 Å². The first-order valence-corrected chi connectivity index (χ1v) is 7.79. The van der Waals surface area contributed by atoms with Gasteiger partial charge in [0.2, 0.25) is 0 Å². The van der Waals surface area contributed by atoms with Crippen LogP contribution in [0.5, 0.6) is 0 Å². The Morgan fingerprint density at radius 1 is 1.13 bits per heavy atom. The fourth-order valence-electron chi connectivity index (χ4n) is 1.71. The first kappa shape index (κ1) is 16.6. The highest BCUT2D eigenvalue weighted by Crippen LogP contribution is 2.16. The van der Waals surface area contributed by atoms with Crippen molar-refractivity contribution in [3.8, 4) is 6.07 Å². The Morgan fingerprint density at radius 3 is 2.65 bits per heavy atom. The van der Waals surface area contributed by atoms with E-state index >= 15 is 0 Å². The third-order valence-corrected chi connectivity index (χ3v) is 3.73. The van der Waals surface area contributed by atoms with Crippen molar-refractivity contribution in [3.63, 3.8) is 0 Å². The van der Waals surface area contributed by atoms with Crippen molar-refractivity contribution in [1.29, 1.82) is 5.26 Å². The van der Waals surface area contributed by atoms with Crippen LogP contribution in [-0.4, -0.2) is 24.2 Å². The zero-order valence-corrected chi connectivity index (χ0v) is 13.0. The van der Waals surface area contributed by atoms with Gasteiger partial charge in [0, 0.05) is 10.6 Å². The van der Waals surface area contributed by atoms with Crippen molar-refractivity contribution >= 4 is 29.3 Å². The Labute approximate surface area is 138 Å². The minimum atomic E-state index is -0.459. The van der Waals surface area contributed by atoms with Crippen molar-refractivity contribution in [2.75, 3.05) is 17.7 Å². The molecule has 0 aromatic heterocycles. The molecule has 0 aliphatic carbocycles. The predicted octanol–water partition coefficient (Wildman–Crippen LogP) is 2.83. The van der Waals surface area contributed by atoms with Crippen LogP contribution in [0.3, 0.4) is 0 Å². The second-order valence-electron chi connectivity index (χ2n) is 4.50. The minimum absolute atomic E-state index is 0.140. The van der Waals surface area contributed by atoms with Crippen LogP contribution >= 0.6 is 11.8 Å². The third-order valence-electron chi connectivity index (χ3n) is 2.74. The molecule has 0 atom stereocenters. The average molecular weight is 326 g/mol. The molecule has 0 saturated carbocycles. The van der Waals surface area contributed by atoms with Crippen LogP contribution in [0.4, 0.5) is 5.69 Å². The van der Waals surface area contributed by atoms with Crippen LogP contribution < -0.4 is 5.32 Å². The number of hydrogen-bond donors (Lipinski definition) is 1. The maximum absolute atomic E-state index is 11.7. The number of carbonyl (C=O) groups is 2. The predicted molar refractivity (Wildman–Crippen MR) is 87.9 cm³/mol. The van der Waals surface area contributed by atoms with Gasteiger partial charge in [-0.1, -0.05) is 24.3 Å². The number of rotatable bonds is 6. The highest BCUT2D eigenvalue weighted by atomic mass is 32.2. The summed E-state index contributed by atoms with van der Waals surface area (Å²) in [7, 11) is 0. The van der Waals surface area contributed by atoms with Gasteiger partial charge in [0.25, 0.3) is 5.91 Å². The molecule has 0 spiro atoms. The molecular formula is C17H14N2O3S. The summed E-state index contributed by atoms with van der Waals surface area (Å²) in [4.78, 5) is 24.3. The summed E-state index contributed by atoms with van der Waals surface area (Å²) >= 11 is 1.35. The SMILES string of the molecule is N#Cc1cccc(NC(=O)COC(=O)CSc2ccccc2)c1. The summed E-state index contributed by atoms with van der Waals surface area (Å²) in [6.07, 6.45) is 0. The zero-order valence-electron chi connectivity index (χ0n) is 12.2. The standard InChI is InChI=1S/C17H14N2O3S/c18-10-13-5-4-6-14(9-13)19-16(20)11-22-17(21)12-23-15-7-2-1-3-8-15/h1-9H,11-12H2,(H,19,20). The molecule has 0 fully saturated rings. The molecule has 0 unspecified atom stereocenters. The van der Waals surface area contributed by atoms with Crippen molar-refractivity contribution in [1.82, 2.24) is 0 Å². The summed E-state index contributed by atoms with van der Waals surface area (Å²) in [5.74, 6) is -0.765. The number of nitrogens with zero attached hydrogens (tertiary/aromatic N) is 1. The molecule has 116 valence electrons. The average Bonchev–Trinajstić information content (AvgIpc) is 2.59. The molecule has 23 heavy (non-hydrogen) atoms. The van der Waals surface area contributed by atoms with Crippen LogP contribution in [-0.2, 0) is 14.3 Å². The third kappa shape index (κ3) is 5.85. The lowest BCUT2D eigenvalue weighted by molar-refractivity contribution is -0.144. The van der Waals surface area contributed by atoms with E-state index in [0.717, 1.165) is 4.90 Å². The van der Waals surface area contributed by atoms with Gasteiger partial charge in [-0.3, -0.25) is 9.59 Å². The smallest absolute Gasteiger partial charge is 0.316 e. The summed E-state index contributed by atoms with van der Waals surface area (Å²) in [6, 6.07) is 17.9. The Kier molecular flexibility index (Phi) is 6.21. The largest absolute Gasteiger partial charge is 0.455 e. The van der Waals surface area contributed by atoms with Gasteiger partial charge in [0.1, 0.15) is 0 Å². The molecule has 0 heterocycles. The number of hydrogen-bond acceptors (Lipinski definition) is 5. The van der Waals surface area contributed by atoms with E-state index < -0.39 is 11.9 Å². The van der Waals surface area contributed by atoms with Gasteiger partial charge in [-0.25, -0.2) is 0 Å². The molecule has 5 nitrogen and oxygen atoms in total. The zero-order chi connectivity index (χ0) is 16.5. The molecule has 0 radical (unpaired) electrons. The van der Waals surface area contributed by atoms with E-state index in [4.69, 9.17) is 10.00 Å². The van der Waals surface area contributed by atoms with Crippen molar-refractivity contribution in [3.05, 3.63) is 60.2 Å². The number of esters is 1. The Hall–Kier alpha value is -2.78. The van der Waals surface area contributed by atoms with Gasteiger partial charge < -0.3 is 10.1 Å². The van der Waals surface area contributed by atoms with Crippen LogP contribution in [0.15, 0.2) is 59.5 Å². The minimum Gasteiger partial charge on any atom is -0.455 e. The molecule has 0 aliphatic heterocycles.